The molecule has 1 aromatic heterocycles. The molecule has 1 unspecified atom stereocenters. The molecule has 0 aliphatic heterocycles. The van der Waals surface area contributed by atoms with Crippen LogP contribution in [-0.2, 0) is 11.3 Å². The lowest BCUT2D eigenvalue weighted by Crippen LogP contribution is -2.31. The van der Waals surface area contributed by atoms with Crippen molar-refractivity contribution < 1.29 is 20.1 Å². The van der Waals surface area contributed by atoms with Gasteiger partial charge in [-0.15, -0.1) is 0 Å². The number of aryl methyl sites for hydroxylation is 1. The number of unbranched alkanes of at least 4 members (excludes halogenated alkanes) is 1. The second-order valence-electron chi connectivity index (χ2n) is 5.44. The summed E-state index contributed by atoms with van der Waals surface area (Å²) in [5, 5.41) is 28.7. The molecule has 3 N–H and O–H groups in total. The average Bonchev–Trinajstić information content (AvgIpc) is 2.45. The number of aliphatic hydroxyl groups excluding tert-OH is 1. The highest BCUT2D eigenvalue weighted by molar-refractivity contribution is 5.72. The molecule has 7 nitrogen and oxygen atoms in total. The second-order valence-corrected chi connectivity index (χ2v) is 5.44. The Kier molecular flexibility index (Phi) is 6.58. The van der Waals surface area contributed by atoms with Gasteiger partial charge < -0.3 is 24.8 Å². The molecule has 7 heteroatoms. The zero-order chi connectivity index (χ0) is 16.9. The van der Waals surface area contributed by atoms with Crippen LogP contribution < -0.4 is 5.43 Å². The number of hydrogen-bond acceptors (Lipinski definition) is 5. The number of aromatic nitrogens is 1. The fraction of sp³-hybridized carbons (Fsp3) is 0.600. The lowest BCUT2D eigenvalue weighted by Gasteiger charge is -2.25. The first-order chi connectivity index (χ1) is 10.3. The SMILES string of the molecule is CCCCN(C)Cc1c(O)c(=O)cc(C)n1C(CO)C(=O)O. The summed E-state index contributed by atoms with van der Waals surface area (Å²) in [6, 6.07) is -0.0581. The Bertz CT molecular complexity index is 582. The van der Waals surface area contributed by atoms with Crippen molar-refractivity contribution >= 4 is 5.97 Å². The molecule has 0 spiro atoms. The zero-order valence-electron chi connectivity index (χ0n) is 13.2. The van der Waals surface area contributed by atoms with E-state index in [9.17, 15) is 24.9 Å². The van der Waals surface area contributed by atoms with Gasteiger partial charge in [-0.1, -0.05) is 13.3 Å². The topological polar surface area (TPSA) is 103 Å². The zero-order valence-corrected chi connectivity index (χ0v) is 13.2. The van der Waals surface area contributed by atoms with Crippen molar-refractivity contribution in [2.24, 2.45) is 0 Å². The fourth-order valence-corrected chi connectivity index (χ4v) is 2.41. The number of nitrogens with zero attached hydrogens (tertiary/aromatic N) is 2. The van der Waals surface area contributed by atoms with E-state index < -0.39 is 29.8 Å². The molecule has 0 aliphatic rings. The molecule has 0 saturated carbocycles. The molecule has 0 fully saturated rings. The van der Waals surface area contributed by atoms with Gasteiger partial charge in [-0.25, -0.2) is 4.79 Å². The van der Waals surface area contributed by atoms with Gasteiger partial charge in [0.15, 0.2) is 11.8 Å². The molecule has 0 aliphatic carbocycles. The van der Waals surface area contributed by atoms with E-state index in [0.717, 1.165) is 19.4 Å². The number of carboxylic acids is 1. The van der Waals surface area contributed by atoms with Crippen LogP contribution in [0.1, 0.15) is 37.2 Å². The molecule has 0 amide bonds. The van der Waals surface area contributed by atoms with Crippen molar-refractivity contribution in [3.8, 4) is 5.75 Å². The Balaban J connectivity index is 3.33. The molecule has 0 saturated heterocycles. The Morgan fingerprint density at radius 2 is 2.09 bits per heavy atom. The Morgan fingerprint density at radius 1 is 1.45 bits per heavy atom. The molecule has 1 aromatic rings. The van der Waals surface area contributed by atoms with E-state index in [2.05, 4.69) is 6.92 Å². The maximum atomic E-state index is 11.8. The third kappa shape index (κ3) is 4.08. The maximum Gasteiger partial charge on any atom is 0.329 e. The van der Waals surface area contributed by atoms with Gasteiger partial charge in [-0.05, 0) is 26.9 Å². The first kappa shape index (κ1) is 18.2. The molecule has 1 atom stereocenters. The van der Waals surface area contributed by atoms with Gasteiger partial charge in [0.25, 0.3) is 0 Å². The summed E-state index contributed by atoms with van der Waals surface area (Å²) in [5.74, 6) is -1.68. The van der Waals surface area contributed by atoms with E-state index in [0.29, 0.717) is 5.69 Å². The van der Waals surface area contributed by atoms with Crippen LogP contribution >= 0.6 is 0 Å². The van der Waals surface area contributed by atoms with Gasteiger partial charge in [-0.3, -0.25) is 4.79 Å². The minimum Gasteiger partial charge on any atom is -0.503 e. The standard InChI is InChI=1S/C15H24N2O5/c1-4-5-6-16(3)8-11-14(20)13(19)7-10(2)17(11)12(9-18)15(21)22/h7,12,18,20H,4-6,8-9H2,1-3H3,(H,21,22). The van der Waals surface area contributed by atoms with Gasteiger partial charge in [-0.2, -0.15) is 0 Å². The number of aliphatic carboxylic acids is 1. The number of hydrogen-bond donors (Lipinski definition) is 3. The van der Waals surface area contributed by atoms with Crippen LogP contribution in [0.2, 0.25) is 0 Å². The average molecular weight is 312 g/mol. The first-order valence-electron chi connectivity index (χ1n) is 7.29. The highest BCUT2D eigenvalue weighted by Crippen LogP contribution is 2.21. The van der Waals surface area contributed by atoms with E-state index in [1.165, 1.54) is 10.6 Å². The van der Waals surface area contributed by atoms with Crippen LogP contribution in [0.15, 0.2) is 10.9 Å². The second kappa shape index (κ2) is 7.95. The minimum atomic E-state index is -1.24. The quantitative estimate of drug-likeness (QED) is 0.653. The van der Waals surface area contributed by atoms with Crippen LogP contribution in [0, 0.1) is 6.92 Å². The largest absolute Gasteiger partial charge is 0.503 e. The van der Waals surface area contributed by atoms with Crippen LogP contribution in [0.4, 0.5) is 0 Å². The number of aliphatic hydroxyl groups is 1. The summed E-state index contributed by atoms with van der Waals surface area (Å²) in [7, 11) is 1.83. The van der Waals surface area contributed by atoms with E-state index in [1.54, 1.807) is 6.92 Å². The van der Waals surface area contributed by atoms with Crippen molar-refractivity contribution in [3.63, 3.8) is 0 Å². The maximum absolute atomic E-state index is 11.8. The van der Waals surface area contributed by atoms with Crippen molar-refractivity contribution in [1.29, 1.82) is 0 Å². The molecule has 0 bridgehead atoms. The molecule has 124 valence electrons. The molecule has 1 heterocycles. The van der Waals surface area contributed by atoms with Crippen molar-refractivity contribution in [1.82, 2.24) is 9.47 Å². The van der Waals surface area contributed by atoms with Crippen LogP contribution in [0.25, 0.3) is 0 Å². The number of aromatic hydroxyl groups is 1. The molecule has 1 rings (SSSR count). The third-order valence-corrected chi connectivity index (χ3v) is 3.60. The summed E-state index contributed by atoms with van der Waals surface area (Å²) >= 11 is 0. The predicted octanol–water partition coefficient (Wildman–Crippen LogP) is 0.712. The Morgan fingerprint density at radius 3 is 2.59 bits per heavy atom. The smallest absolute Gasteiger partial charge is 0.329 e. The minimum absolute atomic E-state index is 0.213. The van der Waals surface area contributed by atoms with Crippen LogP contribution in [-0.4, -0.2) is 51.0 Å². The summed E-state index contributed by atoms with van der Waals surface area (Å²) in [4.78, 5) is 25.0. The third-order valence-electron chi connectivity index (χ3n) is 3.60. The summed E-state index contributed by atoms with van der Waals surface area (Å²) in [6.45, 7) is 4.01. The van der Waals surface area contributed by atoms with Crippen LogP contribution in [0.3, 0.4) is 0 Å². The first-order valence-corrected chi connectivity index (χ1v) is 7.29. The number of rotatable bonds is 8. The summed E-state index contributed by atoms with van der Waals surface area (Å²) in [6.07, 6.45) is 1.96. The molecular formula is C15H24N2O5. The van der Waals surface area contributed by atoms with E-state index in [-0.39, 0.29) is 12.2 Å². The van der Waals surface area contributed by atoms with Crippen molar-refractivity contribution in [2.75, 3.05) is 20.2 Å². The lowest BCUT2D eigenvalue weighted by atomic mass is 10.1. The van der Waals surface area contributed by atoms with Gasteiger partial charge in [0.2, 0.25) is 5.43 Å². The van der Waals surface area contributed by atoms with E-state index in [4.69, 9.17) is 0 Å². The summed E-state index contributed by atoms with van der Waals surface area (Å²) < 4.78 is 1.32. The molecular weight excluding hydrogens is 288 g/mol. The fourth-order valence-electron chi connectivity index (χ4n) is 2.41. The van der Waals surface area contributed by atoms with Crippen molar-refractivity contribution in [3.05, 3.63) is 27.7 Å². The van der Waals surface area contributed by atoms with Gasteiger partial charge in [0, 0.05) is 18.3 Å². The predicted molar refractivity (Wildman–Crippen MR) is 82.1 cm³/mol. The molecule has 0 aromatic carbocycles. The van der Waals surface area contributed by atoms with Gasteiger partial charge >= 0.3 is 5.97 Å². The van der Waals surface area contributed by atoms with Gasteiger partial charge in [0.05, 0.1) is 12.3 Å². The van der Waals surface area contributed by atoms with E-state index >= 15 is 0 Å². The number of carboxylic acid groups (broad SMARTS) is 1. The van der Waals surface area contributed by atoms with Crippen LogP contribution in [0.5, 0.6) is 5.75 Å². The molecule has 22 heavy (non-hydrogen) atoms. The number of carbonyl (C=O) groups is 1. The van der Waals surface area contributed by atoms with E-state index in [1.807, 2.05) is 11.9 Å². The summed E-state index contributed by atoms with van der Waals surface area (Å²) in [5.41, 5.74) is 0.0583. The van der Waals surface area contributed by atoms with Gasteiger partial charge in [0.1, 0.15) is 0 Å². The normalized spacial score (nSPS) is 12.6. The highest BCUT2D eigenvalue weighted by atomic mass is 16.4. The van der Waals surface area contributed by atoms with Crippen molar-refractivity contribution in [2.45, 2.75) is 39.3 Å². The Labute approximate surface area is 129 Å². The number of pyridine rings is 1. The monoisotopic (exact) mass is 312 g/mol. The lowest BCUT2D eigenvalue weighted by molar-refractivity contribution is -0.142. The highest BCUT2D eigenvalue weighted by Gasteiger charge is 2.25. The molecule has 0 radical (unpaired) electrons. The Hall–Kier alpha value is -1.86.